The molecule has 7 heteroatoms. The van der Waals surface area contributed by atoms with Gasteiger partial charge in [0.1, 0.15) is 18.2 Å². The first-order valence-corrected chi connectivity index (χ1v) is 10.0. The van der Waals surface area contributed by atoms with Crippen LogP contribution >= 0.6 is 0 Å². The van der Waals surface area contributed by atoms with Gasteiger partial charge < -0.3 is 24.7 Å². The molecule has 1 aliphatic heterocycles. The number of nitrogens with zero attached hydrogens (tertiary/aromatic N) is 2. The third kappa shape index (κ3) is 4.69. The maximum absolute atomic E-state index is 11.1. The molecule has 2 heterocycles. The maximum atomic E-state index is 11.1. The van der Waals surface area contributed by atoms with Crippen LogP contribution in [0.3, 0.4) is 0 Å². The number of rotatable bonds is 7. The third-order valence-corrected chi connectivity index (χ3v) is 5.07. The van der Waals surface area contributed by atoms with E-state index in [9.17, 15) is 4.79 Å². The second kappa shape index (κ2) is 9.11. The maximum Gasteiger partial charge on any atom is 0.221 e. The molecule has 156 valence electrons. The number of anilines is 1. The van der Waals surface area contributed by atoms with Gasteiger partial charge in [0.25, 0.3) is 0 Å². The second-order valence-corrected chi connectivity index (χ2v) is 7.34. The van der Waals surface area contributed by atoms with E-state index < -0.39 is 0 Å². The Morgan fingerprint density at radius 3 is 2.80 bits per heavy atom. The van der Waals surface area contributed by atoms with Gasteiger partial charge in [-0.15, -0.1) is 0 Å². The minimum Gasteiger partial charge on any atom is -0.496 e. The summed E-state index contributed by atoms with van der Waals surface area (Å²) in [5, 5.41) is 6.23. The third-order valence-electron chi connectivity index (χ3n) is 5.07. The number of nitrogens with one attached hydrogen (secondary N) is 2. The summed E-state index contributed by atoms with van der Waals surface area (Å²) in [5.41, 5.74) is 3.85. The summed E-state index contributed by atoms with van der Waals surface area (Å²) in [6.45, 7) is 4.24. The molecule has 0 unspecified atom stereocenters. The van der Waals surface area contributed by atoms with Gasteiger partial charge in [-0.1, -0.05) is 24.3 Å². The van der Waals surface area contributed by atoms with Gasteiger partial charge >= 0.3 is 0 Å². The van der Waals surface area contributed by atoms with Gasteiger partial charge in [-0.25, -0.2) is 4.98 Å². The van der Waals surface area contributed by atoms with Crippen LogP contribution in [0.5, 0.6) is 5.75 Å². The van der Waals surface area contributed by atoms with Crippen molar-refractivity contribution >= 4 is 11.6 Å². The van der Waals surface area contributed by atoms with E-state index in [0.29, 0.717) is 6.61 Å². The molecule has 1 aromatic heterocycles. The Morgan fingerprint density at radius 2 is 2.03 bits per heavy atom. The van der Waals surface area contributed by atoms with Gasteiger partial charge in [0, 0.05) is 37.5 Å². The Hall–Kier alpha value is -3.16. The van der Waals surface area contributed by atoms with Crippen molar-refractivity contribution in [3.05, 3.63) is 66.1 Å². The summed E-state index contributed by atoms with van der Waals surface area (Å²) in [4.78, 5) is 15.8. The molecule has 30 heavy (non-hydrogen) atoms. The van der Waals surface area contributed by atoms with Crippen LogP contribution in [0.2, 0.25) is 0 Å². The van der Waals surface area contributed by atoms with Gasteiger partial charge in [0.2, 0.25) is 5.91 Å². The van der Waals surface area contributed by atoms with Crippen LogP contribution in [0, 0.1) is 0 Å². The molecule has 0 aliphatic carbocycles. The van der Waals surface area contributed by atoms with Gasteiger partial charge in [0.15, 0.2) is 0 Å². The van der Waals surface area contributed by atoms with E-state index in [-0.39, 0.29) is 12.0 Å². The van der Waals surface area contributed by atoms with E-state index in [1.54, 1.807) is 7.11 Å². The first kappa shape index (κ1) is 20.1. The number of aromatic nitrogens is 2. The molecule has 0 radical (unpaired) electrons. The molecule has 2 N–H and O–H groups in total. The predicted molar refractivity (Wildman–Crippen MR) is 115 cm³/mol. The van der Waals surface area contributed by atoms with Crippen LogP contribution in [0.4, 0.5) is 5.69 Å². The molecule has 1 amide bonds. The van der Waals surface area contributed by atoms with Crippen LogP contribution in [0.25, 0.3) is 11.3 Å². The number of imidazole rings is 1. The zero-order valence-corrected chi connectivity index (χ0v) is 17.2. The molecule has 0 saturated carbocycles. The highest BCUT2D eigenvalue weighted by molar-refractivity contribution is 5.88. The molecule has 2 aromatic carbocycles. The fraction of sp³-hybridized carbons (Fsp3) is 0.304. The molecular formula is C23H26N4O3. The van der Waals surface area contributed by atoms with Gasteiger partial charge in [-0.2, -0.15) is 0 Å². The van der Waals surface area contributed by atoms with E-state index in [1.165, 1.54) is 6.92 Å². The normalized spacial score (nSPS) is 15.5. The summed E-state index contributed by atoms with van der Waals surface area (Å²) in [7, 11) is 1.67. The number of amides is 1. The molecule has 1 atom stereocenters. The zero-order chi connectivity index (χ0) is 20.9. The molecule has 7 nitrogen and oxygen atoms in total. The Bertz CT molecular complexity index is 1010. The molecule has 0 saturated heterocycles. The summed E-state index contributed by atoms with van der Waals surface area (Å²) >= 11 is 0. The lowest BCUT2D eigenvalue weighted by molar-refractivity contribution is -0.114. The SMILES string of the molecule is COc1ccccc1-c1cn2c(n1)CO[C@@H](CNCc1ccc(NC(C)=O)cc1)C2. The molecule has 0 fully saturated rings. The standard InChI is InChI=1S/C23H26N4O3/c1-16(28)25-18-9-7-17(8-10-18)11-24-12-19-13-27-14-21(26-23(27)15-30-19)20-5-3-4-6-22(20)29-2/h3-10,14,19,24H,11-13,15H2,1-2H3,(H,25,28)/t19-/m0/s1. The lowest BCUT2D eigenvalue weighted by Crippen LogP contribution is -2.35. The average Bonchev–Trinajstić information content (AvgIpc) is 3.18. The van der Waals surface area contributed by atoms with E-state index in [0.717, 1.165) is 53.7 Å². The Kier molecular flexibility index (Phi) is 6.11. The smallest absolute Gasteiger partial charge is 0.221 e. The number of para-hydroxylation sites is 1. The van der Waals surface area contributed by atoms with Crippen molar-refractivity contribution in [2.45, 2.75) is 32.7 Å². The number of ether oxygens (including phenoxy) is 2. The van der Waals surface area contributed by atoms with E-state index >= 15 is 0 Å². The lowest BCUT2D eigenvalue weighted by Gasteiger charge is -2.24. The van der Waals surface area contributed by atoms with Crippen LogP contribution in [-0.4, -0.2) is 35.2 Å². The van der Waals surface area contributed by atoms with Crippen molar-refractivity contribution in [2.24, 2.45) is 0 Å². The van der Waals surface area contributed by atoms with Crippen LogP contribution in [0.1, 0.15) is 18.3 Å². The highest BCUT2D eigenvalue weighted by Crippen LogP contribution is 2.30. The van der Waals surface area contributed by atoms with Crippen LogP contribution in [0.15, 0.2) is 54.7 Å². The Balaban J connectivity index is 1.32. The van der Waals surface area contributed by atoms with Crippen molar-refractivity contribution in [2.75, 3.05) is 19.0 Å². The van der Waals surface area contributed by atoms with Crippen molar-refractivity contribution in [1.82, 2.24) is 14.9 Å². The van der Waals surface area contributed by atoms with Crippen LogP contribution in [-0.2, 0) is 29.2 Å². The number of methoxy groups -OCH3 is 1. The molecule has 1 aliphatic rings. The van der Waals surface area contributed by atoms with Crippen molar-refractivity contribution in [3.63, 3.8) is 0 Å². The topological polar surface area (TPSA) is 77.4 Å². The predicted octanol–water partition coefficient (Wildman–Crippen LogP) is 3.21. The first-order valence-electron chi connectivity index (χ1n) is 10.0. The van der Waals surface area contributed by atoms with Gasteiger partial charge in [-0.05, 0) is 29.8 Å². The lowest BCUT2D eigenvalue weighted by atomic mass is 10.1. The first-order chi connectivity index (χ1) is 14.6. The molecular weight excluding hydrogens is 380 g/mol. The largest absolute Gasteiger partial charge is 0.496 e. The highest BCUT2D eigenvalue weighted by atomic mass is 16.5. The number of hydrogen-bond donors (Lipinski definition) is 2. The summed E-state index contributed by atoms with van der Waals surface area (Å²) in [6.07, 6.45) is 2.15. The Morgan fingerprint density at radius 1 is 1.23 bits per heavy atom. The van der Waals surface area contributed by atoms with E-state index in [4.69, 9.17) is 14.5 Å². The van der Waals surface area contributed by atoms with E-state index in [1.807, 2.05) is 48.5 Å². The Labute approximate surface area is 176 Å². The minimum absolute atomic E-state index is 0.0666. The highest BCUT2D eigenvalue weighted by Gasteiger charge is 2.22. The molecule has 0 bridgehead atoms. The quantitative estimate of drug-likeness (QED) is 0.630. The average molecular weight is 406 g/mol. The number of hydrogen-bond acceptors (Lipinski definition) is 5. The fourth-order valence-electron chi connectivity index (χ4n) is 3.59. The fourth-order valence-corrected chi connectivity index (χ4v) is 3.59. The summed E-state index contributed by atoms with van der Waals surface area (Å²) in [5.74, 6) is 1.68. The number of carbonyl (C=O) groups excluding carboxylic acids is 1. The van der Waals surface area contributed by atoms with Crippen molar-refractivity contribution in [3.8, 4) is 17.0 Å². The number of benzene rings is 2. The van der Waals surface area contributed by atoms with Gasteiger partial charge in [-0.3, -0.25) is 4.79 Å². The number of fused-ring (bicyclic) bond motifs is 1. The number of carbonyl (C=O) groups is 1. The zero-order valence-electron chi connectivity index (χ0n) is 17.2. The van der Waals surface area contributed by atoms with Crippen LogP contribution < -0.4 is 15.4 Å². The van der Waals surface area contributed by atoms with Crippen molar-refractivity contribution < 1.29 is 14.3 Å². The molecule has 3 aromatic rings. The van der Waals surface area contributed by atoms with Gasteiger partial charge in [0.05, 0.1) is 25.5 Å². The van der Waals surface area contributed by atoms with E-state index in [2.05, 4.69) is 21.4 Å². The minimum atomic E-state index is -0.0666. The summed E-state index contributed by atoms with van der Waals surface area (Å²) < 4.78 is 13.6. The monoisotopic (exact) mass is 406 g/mol. The van der Waals surface area contributed by atoms with Crippen molar-refractivity contribution in [1.29, 1.82) is 0 Å². The summed E-state index contributed by atoms with van der Waals surface area (Å²) in [6, 6.07) is 15.7. The molecule has 4 rings (SSSR count). The second-order valence-electron chi connectivity index (χ2n) is 7.34. The molecule has 0 spiro atoms.